The Hall–Kier alpha value is -0.500. The van der Waals surface area contributed by atoms with E-state index in [2.05, 4.69) is 27.1 Å². The molecule has 1 aliphatic carbocycles. The van der Waals surface area contributed by atoms with E-state index in [9.17, 15) is 27.4 Å². The van der Waals surface area contributed by atoms with Crippen LogP contribution in [0.2, 0.25) is 0 Å². The lowest BCUT2D eigenvalue weighted by molar-refractivity contribution is -0.00261. The molecule has 0 aromatic rings. The zero-order valence-corrected chi connectivity index (χ0v) is 21.5. The van der Waals surface area contributed by atoms with E-state index in [1.54, 1.807) is 0 Å². The minimum absolute atomic E-state index is 2.14. The van der Waals surface area contributed by atoms with Crippen molar-refractivity contribution >= 4 is 46.9 Å². The van der Waals surface area contributed by atoms with Gasteiger partial charge in [0.05, 0.1) is 0 Å². The van der Waals surface area contributed by atoms with Crippen molar-refractivity contribution in [2.45, 2.75) is 12.2 Å². The third-order valence-electron chi connectivity index (χ3n) is 2.80. The molecular weight excluding hydrogens is 642 g/mol. The molecule has 1 aliphatic rings. The SMILES string of the molecule is O=P(O)(O)OC1=C(OP(=O)(O)O)[C@@H](OP(=O)(O)O)[C@@H](OP(=O)(O)O)C(OP(=O)(O)O)=C1OP(=O)(O)O. The zero-order chi connectivity index (χ0) is 28.7. The summed E-state index contributed by atoms with van der Waals surface area (Å²) in [6.07, 6.45) is -6.64. The molecule has 0 saturated heterocycles. The smallest absolute Gasteiger partial charge is 0.402 e. The van der Waals surface area contributed by atoms with Gasteiger partial charge in [-0.15, -0.1) is 0 Å². The number of phosphoric acid groups is 6. The Morgan fingerprint density at radius 1 is 0.389 bits per heavy atom. The van der Waals surface area contributed by atoms with Crippen LogP contribution < -0.4 is 0 Å². The van der Waals surface area contributed by atoms with Crippen LogP contribution in [0.15, 0.2) is 23.0 Å². The van der Waals surface area contributed by atoms with Crippen LogP contribution in [0.3, 0.4) is 0 Å². The highest BCUT2D eigenvalue weighted by atomic mass is 31.2. The van der Waals surface area contributed by atoms with Crippen LogP contribution >= 0.6 is 46.9 Å². The largest absolute Gasteiger partial charge is 0.525 e. The minimum atomic E-state index is -6.11. The maximum absolute atomic E-state index is 11.4. The molecule has 212 valence electrons. The van der Waals surface area contributed by atoms with E-state index in [0.29, 0.717) is 0 Å². The van der Waals surface area contributed by atoms with Gasteiger partial charge in [-0.05, 0) is 0 Å². The number of rotatable bonds is 12. The summed E-state index contributed by atoms with van der Waals surface area (Å²) >= 11 is 0. The van der Waals surface area contributed by atoms with Crippen molar-refractivity contribution < 1.29 is 113 Å². The first-order chi connectivity index (χ1) is 15.6. The van der Waals surface area contributed by atoms with Crippen LogP contribution in [0.5, 0.6) is 0 Å². The lowest BCUT2D eigenvalue weighted by Crippen LogP contribution is -2.40. The van der Waals surface area contributed by atoms with Gasteiger partial charge in [0, 0.05) is 0 Å². The molecule has 0 aromatic carbocycles. The summed E-state index contributed by atoms with van der Waals surface area (Å²) < 4.78 is 92.0. The van der Waals surface area contributed by atoms with Gasteiger partial charge >= 0.3 is 46.9 Å². The van der Waals surface area contributed by atoms with Crippen LogP contribution in [0, 0.1) is 0 Å². The molecule has 0 aliphatic heterocycles. The van der Waals surface area contributed by atoms with E-state index in [4.69, 9.17) is 58.7 Å². The first-order valence-electron chi connectivity index (χ1n) is 7.54. The van der Waals surface area contributed by atoms with Gasteiger partial charge in [0.2, 0.25) is 11.5 Å². The molecule has 0 aromatic heterocycles. The second-order valence-electron chi connectivity index (χ2n) is 5.75. The third kappa shape index (κ3) is 12.4. The van der Waals surface area contributed by atoms with E-state index < -0.39 is 82.2 Å². The molecule has 36 heavy (non-hydrogen) atoms. The van der Waals surface area contributed by atoms with Gasteiger partial charge in [0.1, 0.15) is 0 Å². The van der Waals surface area contributed by atoms with E-state index >= 15 is 0 Å². The second-order valence-corrected chi connectivity index (χ2v) is 12.8. The summed E-state index contributed by atoms with van der Waals surface area (Å²) in [5, 5.41) is 0. The Morgan fingerprint density at radius 3 is 0.778 bits per heavy atom. The van der Waals surface area contributed by atoms with Crippen molar-refractivity contribution in [3.8, 4) is 0 Å². The highest BCUT2D eigenvalue weighted by molar-refractivity contribution is 7.48. The Kier molecular flexibility index (Phi) is 10.2. The monoisotopic (exact) mass is 656 g/mol. The van der Waals surface area contributed by atoms with Crippen LogP contribution in [0.4, 0.5) is 0 Å². The second kappa shape index (κ2) is 10.9. The topological polar surface area (TPSA) is 401 Å². The summed E-state index contributed by atoms with van der Waals surface area (Å²) in [4.78, 5) is 109. The van der Waals surface area contributed by atoms with E-state index in [-0.39, 0.29) is 0 Å². The third-order valence-corrected chi connectivity index (χ3v) is 5.52. The van der Waals surface area contributed by atoms with Gasteiger partial charge < -0.3 is 37.7 Å². The molecule has 0 bridgehead atoms. The molecule has 0 radical (unpaired) electrons. The van der Waals surface area contributed by atoms with Crippen molar-refractivity contribution in [2.75, 3.05) is 0 Å². The number of hydrogen-bond acceptors (Lipinski definition) is 12. The van der Waals surface area contributed by atoms with Crippen LogP contribution in [-0.4, -0.2) is 70.9 Å². The highest BCUT2D eigenvalue weighted by Crippen LogP contribution is 2.58. The fourth-order valence-electron chi connectivity index (χ4n) is 2.11. The van der Waals surface area contributed by atoms with Gasteiger partial charge in [0.15, 0.2) is 23.7 Å². The van der Waals surface area contributed by atoms with Crippen molar-refractivity contribution in [1.29, 1.82) is 0 Å². The molecule has 0 spiro atoms. The molecule has 0 heterocycles. The lowest BCUT2D eigenvalue weighted by Gasteiger charge is -2.35. The quantitative estimate of drug-likeness (QED) is 0.0993. The summed E-state index contributed by atoms with van der Waals surface area (Å²) in [5.74, 6) is -8.70. The average Bonchev–Trinajstić information content (AvgIpc) is 2.51. The highest BCUT2D eigenvalue weighted by Gasteiger charge is 2.54. The summed E-state index contributed by atoms with van der Waals surface area (Å²) in [6, 6.07) is 0. The molecular formula is C6H14O24P6. The van der Waals surface area contributed by atoms with Gasteiger partial charge in [0.25, 0.3) is 0 Å². The molecule has 30 heteroatoms. The predicted molar refractivity (Wildman–Crippen MR) is 100 cm³/mol. The molecule has 1 rings (SSSR count). The zero-order valence-electron chi connectivity index (χ0n) is 16.1. The average molecular weight is 656 g/mol. The number of phosphoric ester groups is 6. The first kappa shape index (κ1) is 33.5. The Bertz CT molecular complexity index is 1100. The Labute approximate surface area is 196 Å². The Morgan fingerprint density at radius 2 is 0.611 bits per heavy atom. The molecule has 0 fully saturated rings. The van der Waals surface area contributed by atoms with Crippen molar-refractivity contribution in [3.63, 3.8) is 0 Å². The molecule has 0 saturated carbocycles. The normalized spacial score (nSPS) is 20.9. The van der Waals surface area contributed by atoms with Crippen LogP contribution in [0.1, 0.15) is 0 Å². The van der Waals surface area contributed by atoms with Crippen molar-refractivity contribution in [1.82, 2.24) is 0 Å². The fourth-order valence-corrected chi connectivity index (χ4v) is 4.82. The molecule has 2 atom stereocenters. The van der Waals surface area contributed by atoms with E-state index in [0.717, 1.165) is 0 Å². The fraction of sp³-hybridized carbons (Fsp3) is 0.333. The lowest BCUT2D eigenvalue weighted by atomic mass is 10.0. The summed E-state index contributed by atoms with van der Waals surface area (Å²) in [5.41, 5.74) is 0. The van der Waals surface area contributed by atoms with Gasteiger partial charge in [-0.3, -0.25) is 48.2 Å². The van der Waals surface area contributed by atoms with Crippen molar-refractivity contribution in [3.05, 3.63) is 23.0 Å². The molecule has 24 nitrogen and oxygen atoms in total. The van der Waals surface area contributed by atoms with Gasteiger partial charge in [-0.25, -0.2) is 27.4 Å². The van der Waals surface area contributed by atoms with Crippen molar-refractivity contribution in [2.24, 2.45) is 0 Å². The maximum Gasteiger partial charge on any atom is 0.525 e. The van der Waals surface area contributed by atoms with Crippen LogP contribution in [-0.2, 0) is 54.5 Å². The van der Waals surface area contributed by atoms with Gasteiger partial charge in [-0.1, -0.05) is 0 Å². The molecule has 0 amide bonds. The van der Waals surface area contributed by atoms with E-state index in [1.807, 2.05) is 0 Å². The van der Waals surface area contributed by atoms with Crippen LogP contribution in [0.25, 0.3) is 0 Å². The molecule has 12 N–H and O–H groups in total. The summed E-state index contributed by atoms with van der Waals surface area (Å²) in [7, 11) is -36.6. The molecule has 0 unspecified atom stereocenters. The van der Waals surface area contributed by atoms with Gasteiger partial charge in [-0.2, -0.15) is 0 Å². The predicted octanol–water partition coefficient (Wildman–Crippen LogP) is -2.18. The summed E-state index contributed by atoms with van der Waals surface area (Å²) in [6.45, 7) is 0. The first-order valence-corrected chi connectivity index (χ1v) is 16.7. The Balaban J connectivity index is 4.32. The number of hydrogen-bond donors (Lipinski definition) is 12. The standard InChI is InChI=1S/C6H14O24P6/c7-31(8,9)25-1-2(26-32(10,11)12)4(28-34(16,17)18)6(30-36(22,23)24)5(29-35(19,20)21)3(1)27-33(13,14)15/h1-2H,(H2,7,8,9)(H2,10,11,12)(H2,13,14,15)(H2,16,17,18)(H2,19,20,21)(H2,22,23,24)/t1-,2+. The minimum Gasteiger partial charge on any atom is -0.402 e. The maximum atomic E-state index is 11.4. The van der Waals surface area contributed by atoms with E-state index in [1.165, 1.54) is 0 Å².